The number of fused-ring (bicyclic) bond motifs is 5. The first-order chi connectivity index (χ1) is 21.3. The van der Waals surface area contributed by atoms with Crippen LogP contribution in [0.5, 0.6) is 0 Å². The van der Waals surface area contributed by atoms with Crippen LogP contribution in [-0.2, 0) is 43.9 Å². The predicted octanol–water partition coefficient (Wildman–Crippen LogP) is -0.126. The molecular weight excluding hydrogens is 685 g/mol. The lowest BCUT2D eigenvalue weighted by atomic mass is 10.1. The Hall–Kier alpha value is -2.43. The number of aromatic nitrogens is 7. The number of nitrogens with zero attached hydrogens (tertiary/aromatic N) is 6. The van der Waals surface area contributed by atoms with Crippen LogP contribution in [0.25, 0.3) is 22.2 Å². The molecule has 3 aliphatic rings. The molecule has 4 aromatic heterocycles. The van der Waals surface area contributed by atoms with Crippen LogP contribution in [0.1, 0.15) is 12.5 Å². The van der Waals surface area contributed by atoms with Gasteiger partial charge in [-0.15, -0.1) is 0 Å². The molecule has 0 radical (unpaired) electrons. The van der Waals surface area contributed by atoms with Gasteiger partial charge in [0.2, 0.25) is 0 Å². The van der Waals surface area contributed by atoms with Crippen LogP contribution < -0.4 is 11.3 Å². The highest BCUT2D eigenvalue weighted by Crippen LogP contribution is 2.58. The smallest absolute Gasteiger partial charge is 0.386 e. The molecule has 7 rings (SSSR count). The molecule has 3 fully saturated rings. The maximum atomic E-state index is 14.7. The predicted molar refractivity (Wildman–Crippen MR) is 155 cm³/mol. The third-order valence-corrected chi connectivity index (χ3v) is 10.6. The van der Waals surface area contributed by atoms with Crippen molar-refractivity contribution in [3.05, 3.63) is 41.3 Å². The van der Waals surface area contributed by atoms with E-state index in [1.54, 1.807) is 0 Å². The summed E-state index contributed by atoms with van der Waals surface area (Å²) in [4.78, 5) is 41.6. The number of rotatable bonds is 2. The zero-order valence-corrected chi connectivity index (χ0v) is 25.8. The molecule has 10 atom stereocenters. The summed E-state index contributed by atoms with van der Waals surface area (Å²) in [6.45, 7) is -9.81. The van der Waals surface area contributed by atoms with Gasteiger partial charge in [0, 0.05) is 6.20 Å². The zero-order valence-electron chi connectivity index (χ0n) is 22.3. The molecule has 45 heavy (non-hydrogen) atoms. The second kappa shape index (κ2) is 11.4. The van der Waals surface area contributed by atoms with Crippen molar-refractivity contribution in [1.29, 1.82) is 0 Å². The molecule has 7 heterocycles. The van der Waals surface area contributed by atoms with Gasteiger partial charge in [0.25, 0.3) is 5.56 Å². The number of anilines is 1. The molecule has 2 bridgehead atoms. The summed E-state index contributed by atoms with van der Waals surface area (Å²) in [5.41, 5.74) is 5.38. The Morgan fingerprint density at radius 2 is 1.78 bits per heavy atom. The second-order valence-corrected chi connectivity index (χ2v) is 15.8. The molecule has 0 spiro atoms. The van der Waals surface area contributed by atoms with E-state index in [0.717, 1.165) is 17.1 Å². The number of aromatic amines is 1. The van der Waals surface area contributed by atoms with E-state index in [0.29, 0.717) is 0 Å². The van der Waals surface area contributed by atoms with Crippen molar-refractivity contribution in [3.8, 4) is 0 Å². The van der Waals surface area contributed by atoms with Gasteiger partial charge >= 0.3 is 13.5 Å². The van der Waals surface area contributed by atoms with E-state index in [-0.39, 0.29) is 28.0 Å². The van der Waals surface area contributed by atoms with Crippen LogP contribution in [0.15, 0.2) is 30.0 Å². The van der Waals surface area contributed by atoms with Gasteiger partial charge in [-0.25, -0.2) is 28.9 Å². The SMILES string of the molecule is Nc1ncnc2c1ncn2[C@@H]1O[C@@H]2COP(O)(=S)O[C@H]3[C@@H](O)[C@H](n4cc(F)c5c(=O)[nH]cnc54)O[C@@H]3COP(=O)(S)O[C@@H]1[C@@H]2O. The molecule has 3 saturated heterocycles. The maximum Gasteiger partial charge on any atom is 0.386 e. The highest BCUT2D eigenvalue weighted by Gasteiger charge is 2.53. The Balaban J connectivity index is 1.21. The number of nitrogen functional groups attached to an aromatic ring is 1. The molecule has 4 aromatic rings. The van der Waals surface area contributed by atoms with Gasteiger partial charge in [-0.3, -0.25) is 22.9 Å². The van der Waals surface area contributed by atoms with Gasteiger partial charge in [0.15, 0.2) is 35.4 Å². The quantitative estimate of drug-likeness (QED) is 0.117. The van der Waals surface area contributed by atoms with Gasteiger partial charge in [0.05, 0.1) is 25.9 Å². The minimum absolute atomic E-state index is 0.0722. The van der Waals surface area contributed by atoms with Crippen LogP contribution in [-0.4, -0.2) is 99.0 Å². The molecule has 2 unspecified atom stereocenters. The monoisotopic (exact) mass is 708 g/mol. The van der Waals surface area contributed by atoms with Crippen LogP contribution in [0.2, 0.25) is 0 Å². The Kier molecular flexibility index (Phi) is 7.88. The number of H-pyrrole nitrogens is 1. The van der Waals surface area contributed by atoms with E-state index >= 15 is 0 Å². The zero-order chi connectivity index (χ0) is 31.8. The number of ether oxygens (including phenoxy) is 2. The second-order valence-electron chi connectivity index (χ2n) is 10.2. The summed E-state index contributed by atoms with van der Waals surface area (Å²) in [6.07, 6.45) is -6.96. The average molecular weight is 709 g/mol. The summed E-state index contributed by atoms with van der Waals surface area (Å²) in [7, 11) is 0. The highest BCUT2D eigenvalue weighted by atomic mass is 32.7. The number of nitrogens with one attached hydrogen (secondary N) is 1. The highest BCUT2D eigenvalue weighted by molar-refractivity contribution is 8.44. The number of hydrogen-bond donors (Lipinski definition) is 6. The first-order valence-corrected chi connectivity index (χ1v) is 18.3. The van der Waals surface area contributed by atoms with Crippen molar-refractivity contribution < 1.29 is 51.6 Å². The topological polar surface area (TPSA) is 253 Å². The molecule has 24 heteroatoms. The summed E-state index contributed by atoms with van der Waals surface area (Å²) in [5, 5.41) is 22.0. The summed E-state index contributed by atoms with van der Waals surface area (Å²) in [6, 6.07) is 0. The number of hydrogen-bond acceptors (Lipinski definition) is 16. The van der Waals surface area contributed by atoms with Crippen molar-refractivity contribution in [3.63, 3.8) is 0 Å². The lowest BCUT2D eigenvalue weighted by molar-refractivity contribution is -0.0588. The van der Waals surface area contributed by atoms with Crippen molar-refractivity contribution in [2.45, 2.75) is 49.1 Å². The Bertz CT molecular complexity index is 1950. The standard InChI is InChI=1S/C21H23FN8O11P2S2/c22-7-1-29(17-10(7)19(33)27-5-25-17)20-13(32)14-9(39-20)3-37-43(35,45)41-15-12(31)8(2-36-42(34,44)40-14)38-21(15)30-6-28-11-16(23)24-4-26-18(11)30/h1,4-6,8-9,12-15,20-21,31-32H,2-3H2,(H,34,44)(H,35,45)(H2,23,24,26)(H,25,27,33)/t8-,9-,12-,13-,14-,15-,20-,21-,42?,43?/m1/s1. The number of nitrogens with two attached hydrogens (primary N) is 1. The number of imidazole rings is 1. The normalized spacial score (nSPS) is 37.7. The maximum absolute atomic E-state index is 14.7. The van der Waals surface area contributed by atoms with Gasteiger partial charge < -0.3 is 44.4 Å². The molecule has 19 nitrogen and oxygen atoms in total. The molecule has 0 aliphatic carbocycles. The third kappa shape index (κ3) is 5.52. The molecule has 242 valence electrons. The Morgan fingerprint density at radius 3 is 2.58 bits per heavy atom. The first kappa shape index (κ1) is 31.2. The first-order valence-electron chi connectivity index (χ1n) is 13.0. The molecule has 0 amide bonds. The van der Waals surface area contributed by atoms with E-state index < -0.39 is 87.2 Å². The van der Waals surface area contributed by atoms with Crippen molar-refractivity contribution >= 4 is 65.6 Å². The van der Waals surface area contributed by atoms with E-state index in [2.05, 4.69) is 37.2 Å². The Morgan fingerprint density at radius 1 is 1.02 bits per heavy atom. The summed E-state index contributed by atoms with van der Waals surface area (Å²) < 4.78 is 64.8. The minimum atomic E-state index is -4.38. The van der Waals surface area contributed by atoms with Gasteiger partial charge in [-0.05, 0) is 11.8 Å². The molecule has 0 saturated carbocycles. The van der Waals surface area contributed by atoms with Crippen LogP contribution in [0.3, 0.4) is 0 Å². The average Bonchev–Trinajstić information content (AvgIpc) is 3.71. The molecule has 3 aliphatic heterocycles. The van der Waals surface area contributed by atoms with Gasteiger partial charge in [-0.1, -0.05) is 12.2 Å². The third-order valence-electron chi connectivity index (χ3n) is 7.44. The molecule has 0 aromatic carbocycles. The fraction of sp³-hybridized carbons (Fsp3) is 0.476. The lowest BCUT2D eigenvalue weighted by Crippen LogP contribution is -2.36. The summed E-state index contributed by atoms with van der Waals surface area (Å²) in [5.74, 6) is -0.871. The Labute approximate surface area is 260 Å². The molecule has 6 N–H and O–H groups in total. The van der Waals surface area contributed by atoms with E-state index in [1.807, 2.05) is 0 Å². The van der Waals surface area contributed by atoms with Gasteiger partial charge in [-0.2, -0.15) is 0 Å². The number of halogens is 1. The van der Waals surface area contributed by atoms with E-state index in [1.165, 1.54) is 17.2 Å². The lowest BCUT2D eigenvalue weighted by Gasteiger charge is -2.27. The summed E-state index contributed by atoms with van der Waals surface area (Å²) >= 11 is 9.25. The minimum Gasteiger partial charge on any atom is -0.387 e. The number of aliphatic hydroxyl groups is 2. The van der Waals surface area contributed by atoms with Crippen molar-refractivity contribution in [2.75, 3.05) is 18.9 Å². The number of thiol groups is 1. The van der Waals surface area contributed by atoms with Crippen LogP contribution in [0.4, 0.5) is 10.2 Å². The van der Waals surface area contributed by atoms with Gasteiger partial charge in [0.1, 0.15) is 53.9 Å². The fourth-order valence-electron chi connectivity index (χ4n) is 5.41. The number of aliphatic hydroxyl groups excluding tert-OH is 2. The van der Waals surface area contributed by atoms with E-state index in [9.17, 15) is 28.9 Å². The van der Waals surface area contributed by atoms with Crippen LogP contribution in [0, 0.1) is 5.82 Å². The fourth-order valence-corrected chi connectivity index (χ4v) is 8.31. The van der Waals surface area contributed by atoms with Crippen molar-refractivity contribution in [2.24, 2.45) is 0 Å². The molecular formula is C21H23FN8O11P2S2. The van der Waals surface area contributed by atoms with Crippen molar-refractivity contribution in [1.82, 2.24) is 34.1 Å². The van der Waals surface area contributed by atoms with E-state index in [4.69, 9.17) is 45.1 Å². The van der Waals surface area contributed by atoms with Crippen LogP contribution >= 0.6 is 25.8 Å². The largest absolute Gasteiger partial charge is 0.387 e.